The molecule has 9 nitrogen and oxygen atoms in total. The molecule has 0 fully saturated rings. The Morgan fingerprint density at radius 3 is 1.71 bits per heavy atom. The summed E-state index contributed by atoms with van der Waals surface area (Å²) < 4.78 is 16.7. The molecular formula is C48H88N2O7S2. The summed E-state index contributed by atoms with van der Waals surface area (Å²) in [6, 6.07) is 0. The fourth-order valence-electron chi connectivity index (χ4n) is 6.33. The number of ether oxygens (including phenoxy) is 3. The SMILES string of the molecule is CCCCC/C=C\C/C=C\CCCCCCCC(=O)O[C@@H](C(=O)NCCC(=O)OCCSSCCCCCCCCCCCCCC)C(C)(C)COC(=O)CCN(C)C. The summed E-state index contributed by atoms with van der Waals surface area (Å²) >= 11 is 0. The second kappa shape index (κ2) is 41.4. The topological polar surface area (TPSA) is 111 Å². The molecule has 0 aromatic carbocycles. The number of esters is 3. The number of amides is 1. The Balaban J connectivity index is 4.46. The van der Waals surface area contributed by atoms with Gasteiger partial charge in [0.1, 0.15) is 13.2 Å². The minimum atomic E-state index is -1.19. The van der Waals surface area contributed by atoms with Crippen molar-refractivity contribution in [2.24, 2.45) is 5.41 Å². The van der Waals surface area contributed by atoms with Crippen LogP contribution in [-0.2, 0) is 33.4 Å². The Morgan fingerprint density at radius 2 is 1.10 bits per heavy atom. The van der Waals surface area contributed by atoms with Crippen LogP contribution in [0.15, 0.2) is 24.3 Å². The highest BCUT2D eigenvalue weighted by atomic mass is 33.1. The van der Waals surface area contributed by atoms with Crippen molar-refractivity contribution < 1.29 is 33.4 Å². The first-order chi connectivity index (χ1) is 28.5. The van der Waals surface area contributed by atoms with Gasteiger partial charge in [0, 0.05) is 36.4 Å². The monoisotopic (exact) mass is 869 g/mol. The third-order valence-electron chi connectivity index (χ3n) is 10.1. The van der Waals surface area contributed by atoms with Gasteiger partial charge in [0.15, 0.2) is 6.10 Å². The summed E-state index contributed by atoms with van der Waals surface area (Å²) in [5.74, 6) is 0.0681. The third-order valence-corrected chi connectivity index (χ3v) is 12.6. The summed E-state index contributed by atoms with van der Waals surface area (Å²) in [7, 11) is 7.31. The van der Waals surface area contributed by atoms with E-state index in [1.54, 1.807) is 24.6 Å². The van der Waals surface area contributed by atoms with Gasteiger partial charge < -0.3 is 24.4 Å². The quantitative estimate of drug-likeness (QED) is 0.0209. The molecule has 1 N–H and O–H groups in total. The summed E-state index contributed by atoms with van der Waals surface area (Å²) in [4.78, 5) is 53.0. The van der Waals surface area contributed by atoms with Crippen LogP contribution in [-0.4, -0.2) is 86.7 Å². The fraction of sp³-hybridized carbons (Fsp3) is 0.833. The zero-order valence-corrected chi connectivity index (χ0v) is 40.3. The highest BCUT2D eigenvalue weighted by molar-refractivity contribution is 8.76. The maximum atomic E-state index is 13.4. The Labute approximate surface area is 369 Å². The van der Waals surface area contributed by atoms with Crippen LogP contribution >= 0.6 is 21.6 Å². The van der Waals surface area contributed by atoms with E-state index in [4.69, 9.17) is 14.2 Å². The molecule has 0 aliphatic rings. The van der Waals surface area contributed by atoms with Gasteiger partial charge >= 0.3 is 17.9 Å². The Bertz CT molecular complexity index is 1100. The lowest BCUT2D eigenvalue weighted by atomic mass is 9.86. The molecule has 0 unspecified atom stereocenters. The number of carbonyl (C=O) groups excluding carboxylic acids is 4. The number of carbonyl (C=O) groups is 4. The molecule has 59 heavy (non-hydrogen) atoms. The van der Waals surface area contributed by atoms with Crippen LogP contribution in [0.5, 0.6) is 0 Å². The molecule has 0 heterocycles. The number of nitrogens with zero attached hydrogens (tertiary/aromatic N) is 1. The van der Waals surface area contributed by atoms with Gasteiger partial charge in [-0.15, -0.1) is 0 Å². The Kier molecular flexibility index (Phi) is 40.0. The van der Waals surface area contributed by atoms with E-state index < -0.39 is 23.4 Å². The highest BCUT2D eigenvalue weighted by Crippen LogP contribution is 2.26. The van der Waals surface area contributed by atoms with Crippen LogP contribution in [0.2, 0.25) is 0 Å². The van der Waals surface area contributed by atoms with Crippen LogP contribution in [0, 0.1) is 5.41 Å². The molecule has 0 saturated heterocycles. The lowest BCUT2D eigenvalue weighted by Crippen LogP contribution is -2.49. The van der Waals surface area contributed by atoms with Crippen molar-refractivity contribution in [2.75, 3.05) is 51.9 Å². The third kappa shape index (κ3) is 38.7. The van der Waals surface area contributed by atoms with Crippen molar-refractivity contribution in [2.45, 2.75) is 201 Å². The fourth-order valence-corrected chi connectivity index (χ4v) is 8.30. The van der Waals surface area contributed by atoms with E-state index in [2.05, 4.69) is 43.5 Å². The standard InChI is InChI=1S/C48H88N2O7S2/c1-7-9-11-13-15-17-19-21-22-23-24-26-28-30-32-34-45(53)57-46(48(3,4)42-56-44(52)36-38-50(5)6)47(54)49-37-35-43(51)55-39-41-59-58-40-33-31-29-27-25-20-18-16-14-12-10-8-2/h15,17,21-22,46H,7-14,16,18-20,23-42H2,1-6H3,(H,49,54)/b17-15-,22-21-/t46-/m0/s1. The molecule has 0 aliphatic carbocycles. The summed E-state index contributed by atoms with van der Waals surface area (Å²) in [5.41, 5.74) is -0.992. The predicted molar refractivity (Wildman–Crippen MR) is 252 cm³/mol. The lowest BCUT2D eigenvalue weighted by molar-refractivity contribution is -0.169. The average molecular weight is 869 g/mol. The van der Waals surface area contributed by atoms with Crippen molar-refractivity contribution in [1.82, 2.24) is 10.2 Å². The summed E-state index contributed by atoms with van der Waals surface area (Å²) in [6.07, 6.45) is 36.3. The van der Waals surface area contributed by atoms with Crippen molar-refractivity contribution in [3.8, 4) is 0 Å². The lowest BCUT2D eigenvalue weighted by Gasteiger charge is -2.32. The van der Waals surface area contributed by atoms with Gasteiger partial charge in [0.25, 0.3) is 5.91 Å². The summed E-state index contributed by atoms with van der Waals surface area (Å²) in [6.45, 7) is 8.80. The molecule has 1 atom stereocenters. The smallest absolute Gasteiger partial charge is 0.307 e. The van der Waals surface area contributed by atoms with Gasteiger partial charge in [0.2, 0.25) is 0 Å². The van der Waals surface area contributed by atoms with E-state index in [1.165, 1.54) is 103 Å². The number of unbranched alkanes of at least 4 members (excludes halogenated alkanes) is 19. The molecule has 0 rings (SSSR count). The maximum absolute atomic E-state index is 13.4. The normalized spacial score (nSPS) is 12.4. The van der Waals surface area contributed by atoms with Crippen LogP contribution in [0.25, 0.3) is 0 Å². The van der Waals surface area contributed by atoms with Crippen LogP contribution in [0.3, 0.4) is 0 Å². The molecule has 0 spiro atoms. The van der Waals surface area contributed by atoms with Crippen LogP contribution in [0.1, 0.15) is 195 Å². The van der Waals surface area contributed by atoms with E-state index in [-0.39, 0.29) is 44.4 Å². The second-order valence-corrected chi connectivity index (χ2v) is 19.5. The largest absolute Gasteiger partial charge is 0.465 e. The van der Waals surface area contributed by atoms with Gasteiger partial charge in [-0.3, -0.25) is 19.2 Å². The molecule has 11 heteroatoms. The zero-order chi connectivity index (χ0) is 43.7. The van der Waals surface area contributed by atoms with Gasteiger partial charge in [0.05, 0.1) is 12.8 Å². The number of hydrogen-bond acceptors (Lipinski definition) is 10. The number of allylic oxidation sites excluding steroid dienone is 4. The molecule has 0 radical (unpaired) electrons. The minimum Gasteiger partial charge on any atom is -0.465 e. The molecule has 1 amide bonds. The molecular weight excluding hydrogens is 781 g/mol. The number of rotatable bonds is 42. The second-order valence-electron chi connectivity index (χ2n) is 16.8. The summed E-state index contributed by atoms with van der Waals surface area (Å²) in [5, 5.41) is 2.75. The first-order valence-corrected chi connectivity index (χ1v) is 26.0. The molecule has 0 bridgehead atoms. The molecule has 344 valence electrons. The minimum absolute atomic E-state index is 0.00892. The maximum Gasteiger partial charge on any atom is 0.307 e. The van der Waals surface area contributed by atoms with Crippen molar-refractivity contribution in [3.63, 3.8) is 0 Å². The first kappa shape index (κ1) is 57.0. The zero-order valence-electron chi connectivity index (χ0n) is 38.6. The molecule has 0 aromatic rings. The number of nitrogens with one attached hydrogen (secondary N) is 1. The van der Waals surface area contributed by atoms with Crippen molar-refractivity contribution in [1.29, 1.82) is 0 Å². The van der Waals surface area contributed by atoms with E-state index in [0.717, 1.165) is 50.0 Å². The van der Waals surface area contributed by atoms with E-state index in [0.29, 0.717) is 19.6 Å². The Morgan fingerprint density at radius 1 is 0.593 bits per heavy atom. The van der Waals surface area contributed by atoms with Crippen molar-refractivity contribution >= 4 is 45.4 Å². The van der Waals surface area contributed by atoms with Crippen LogP contribution in [0.4, 0.5) is 0 Å². The first-order valence-electron chi connectivity index (χ1n) is 23.5. The predicted octanol–water partition coefficient (Wildman–Crippen LogP) is 12.4. The Hall–Kier alpha value is -1.98. The van der Waals surface area contributed by atoms with E-state index in [1.807, 2.05) is 29.8 Å². The van der Waals surface area contributed by atoms with Gasteiger partial charge in [-0.1, -0.05) is 176 Å². The average Bonchev–Trinajstić information content (AvgIpc) is 3.20. The van der Waals surface area contributed by atoms with Crippen molar-refractivity contribution in [3.05, 3.63) is 24.3 Å². The molecule has 0 saturated carbocycles. The van der Waals surface area contributed by atoms with E-state index >= 15 is 0 Å². The van der Waals surface area contributed by atoms with Gasteiger partial charge in [-0.05, 0) is 59.0 Å². The van der Waals surface area contributed by atoms with Gasteiger partial charge in [-0.25, -0.2) is 0 Å². The van der Waals surface area contributed by atoms with Gasteiger partial charge in [-0.2, -0.15) is 0 Å². The number of hydrogen-bond donors (Lipinski definition) is 1. The van der Waals surface area contributed by atoms with E-state index in [9.17, 15) is 19.2 Å². The van der Waals surface area contributed by atoms with Crippen LogP contribution < -0.4 is 5.32 Å². The highest BCUT2D eigenvalue weighted by Gasteiger charge is 2.39. The molecule has 0 aliphatic heterocycles. The molecule has 0 aromatic heterocycles.